The zero-order valence-electron chi connectivity index (χ0n) is 18.0. The Bertz CT molecular complexity index is 708. The standard InChI is InChI=1S/C23H36N2.Pd/c1-14(2)10-20-12-17(7)13-21(11-15(3)4)23(20)22-18(8)24-25(16(5)6)19(22)9;/h12-16H,10-11H2,1-9H3;. The van der Waals surface area contributed by atoms with E-state index in [1.165, 1.54) is 33.5 Å². The van der Waals surface area contributed by atoms with Crippen LogP contribution in [0.2, 0.25) is 0 Å². The maximum Gasteiger partial charge on any atom is 0.0675 e. The van der Waals surface area contributed by atoms with Crippen molar-refractivity contribution >= 4 is 0 Å². The summed E-state index contributed by atoms with van der Waals surface area (Å²) in [5.74, 6) is 1.29. The van der Waals surface area contributed by atoms with Gasteiger partial charge in [0.05, 0.1) is 5.69 Å². The van der Waals surface area contributed by atoms with Gasteiger partial charge in [0.2, 0.25) is 0 Å². The van der Waals surface area contributed by atoms with E-state index in [0.29, 0.717) is 17.9 Å². The van der Waals surface area contributed by atoms with Crippen LogP contribution in [0.1, 0.15) is 75.7 Å². The van der Waals surface area contributed by atoms with Gasteiger partial charge in [0.25, 0.3) is 0 Å². The molecular formula is C23H36N2Pd. The smallest absolute Gasteiger partial charge is 0.0675 e. The molecule has 0 radical (unpaired) electrons. The molecule has 2 aromatic rings. The molecule has 2 rings (SSSR count). The average molecular weight is 447 g/mol. The van der Waals surface area contributed by atoms with Crippen molar-refractivity contribution in [2.24, 2.45) is 11.8 Å². The molecule has 0 saturated heterocycles. The third-order valence-electron chi connectivity index (χ3n) is 4.77. The maximum atomic E-state index is 4.87. The first-order valence-electron chi connectivity index (χ1n) is 9.80. The third kappa shape index (κ3) is 5.08. The normalized spacial score (nSPS) is 11.5. The zero-order valence-corrected chi connectivity index (χ0v) is 19.6. The van der Waals surface area contributed by atoms with Gasteiger partial charge in [-0.05, 0) is 76.0 Å². The summed E-state index contributed by atoms with van der Waals surface area (Å²) >= 11 is 0. The van der Waals surface area contributed by atoms with E-state index in [-0.39, 0.29) is 20.4 Å². The van der Waals surface area contributed by atoms with E-state index in [2.05, 4.69) is 79.1 Å². The van der Waals surface area contributed by atoms with Gasteiger partial charge >= 0.3 is 0 Å². The van der Waals surface area contributed by atoms with Crippen LogP contribution in [0.3, 0.4) is 0 Å². The molecule has 1 aromatic heterocycles. The molecule has 3 heteroatoms. The summed E-state index contributed by atoms with van der Waals surface area (Å²) in [5, 5.41) is 4.87. The number of benzene rings is 1. The molecule has 0 bridgehead atoms. The van der Waals surface area contributed by atoms with Gasteiger partial charge in [-0.1, -0.05) is 45.4 Å². The van der Waals surface area contributed by atoms with E-state index < -0.39 is 0 Å². The van der Waals surface area contributed by atoms with Crippen LogP contribution in [0.25, 0.3) is 11.1 Å². The number of hydrogen-bond donors (Lipinski definition) is 0. The minimum absolute atomic E-state index is 0. The van der Waals surface area contributed by atoms with Crippen molar-refractivity contribution < 1.29 is 20.4 Å². The van der Waals surface area contributed by atoms with E-state index in [0.717, 1.165) is 18.5 Å². The summed E-state index contributed by atoms with van der Waals surface area (Å²) in [6.45, 7) is 20.3. The van der Waals surface area contributed by atoms with Gasteiger partial charge in [-0.2, -0.15) is 5.10 Å². The van der Waals surface area contributed by atoms with Crippen LogP contribution < -0.4 is 0 Å². The molecule has 0 aliphatic carbocycles. The quantitative estimate of drug-likeness (QED) is 0.466. The average Bonchev–Trinajstić information content (AvgIpc) is 2.73. The molecule has 148 valence electrons. The number of hydrogen-bond acceptors (Lipinski definition) is 1. The van der Waals surface area contributed by atoms with Gasteiger partial charge in [0.15, 0.2) is 0 Å². The first-order valence-corrected chi connectivity index (χ1v) is 9.80. The van der Waals surface area contributed by atoms with Gasteiger partial charge in [0, 0.05) is 37.7 Å². The minimum atomic E-state index is 0. The Morgan fingerprint density at radius 1 is 0.808 bits per heavy atom. The van der Waals surface area contributed by atoms with E-state index in [4.69, 9.17) is 5.10 Å². The number of aromatic nitrogens is 2. The van der Waals surface area contributed by atoms with Crippen LogP contribution in [0.5, 0.6) is 0 Å². The summed E-state index contributed by atoms with van der Waals surface area (Å²) in [6.07, 6.45) is 2.24. The first kappa shape index (κ1) is 23.1. The van der Waals surface area contributed by atoms with Gasteiger partial charge in [0.1, 0.15) is 0 Å². The molecule has 0 aliphatic rings. The predicted octanol–water partition coefficient (Wildman–Crippen LogP) is 6.45. The Hall–Kier alpha value is -0.908. The summed E-state index contributed by atoms with van der Waals surface area (Å²) in [4.78, 5) is 0. The van der Waals surface area contributed by atoms with Crippen LogP contribution in [0.4, 0.5) is 0 Å². The van der Waals surface area contributed by atoms with E-state index in [1.807, 2.05) is 0 Å². The van der Waals surface area contributed by atoms with Crippen molar-refractivity contribution in [3.63, 3.8) is 0 Å². The van der Waals surface area contributed by atoms with Crippen LogP contribution >= 0.6 is 0 Å². The molecule has 0 fully saturated rings. The molecule has 0 atom stereocenters. The van der Waals surface area contributed by atoms with E-state index in [1.54, 1.807) is 0 Å². The molecule has 2 nitrogen and oxygen atoms in total. The maximum absolute atomic E-state index is 4.87. The second-order valence-corrected chi connectivity index (χ2v) is 8.74. The molecule has 0 saturated carbocycles. The molecule has 0 aliphatic heterocycles. The molecule has 0 N–H and O–H groups in total. The number of rotatable bonds is 6. The van der Waals surface area contributed by atoms with Crippen molar-refractivity contribution in [1.82, 2.24) is 9.78 Å². The Labute approximate surface area is 174 Å². The van der Waals surface area contributed by atoms with Gasteiger partial charge in [-0.3, -0.25) is 4.68 Å². The number of nitrogens with zero attached hydrogens (tertiary/aromatic N) is 2. The Morgan fingerprint density at radius 2 is 1.27 bits per heavy atom. The molecule has 1 aromatic carbocycles. The molecule has 26 heavy (non-hydrogen) atoms. The largest absolute Gasteiger partial charge is 0.266 e. The molecule has 0 unspecified atom stereocenters. The van der Waals surface area contributed by atoms with Crippen molar-refractivity contribution in [1.29, 1.82) is 0 Å². The zero-order chi connectivity index (χ0) is 18.9. The monoisotopic (exact) mass is 446 g/mol. The Balaban J connectivity index is 0.00000338. The van der Waals surface area contributed by atoms with Crippen LogP contribution in [0.15, 0.2) is 12.1 Å². The van der Waals surface area contributed by atoms with Crippen molar-refractivity contribution in [2.45, 2.75) is 81.2 Å². The first-order chi connectivity index (χ1) is 11.6. The van der Waals surface area contributed by atoms with Crippen LogP contribution in [0, 0.1) is 32.6 Å². The van der Waals surface area contributed by atoms with Crippen molar-refractivity contribution in [3.05, 3.63) is 40.2 Å². The minimum Gasteiger partial charge on any atom is -0.266 e. The van der Waals surface area contributed by atoms with Crippen LogP contribution in [-0.4, -0.2) is 9.78 Å². The van der Waals surface area contributed by atoms with Crippen molar-refractivity contribution in [3.8, 4) is 11.1 Å². The van der Waals surface area contributed by atoms with Crippen molar-refractivity contribution in [2.75, 3.05) is 0 Å². The van der Waals surface area contributed by atoms with E-state index >= 15 is 0 Å². The van der Waals surface area contributed by atoms with Crippen LogP contribution in [-0.2, 0) is 33.3 Å². The summed E-state index contributed by atoms with van der Waals surface area (Å²) in [7, 11) is 0. The predicted molar refractivity (Wildman–Crippen MR) is 109 cm³/mol. The second kappa shape index (κ2) is 9.34. The van der Waals surface area contributed by atoms with Gasteiger partial charge < -0.3 is 0 Å². The molecule has 1 heterocycles. The Morgan fingerprint density at radius 3 is 1.62 bits per heavy atom. The fourth-order valence-corrected chi connectivity index (χ4v) is 3.99. The number of aryl methyl sites for hydroxylation is 2. The SMILES string of the molecule is Cc1cc(CC(C)C)c(-c2c(C)nn(C(C)C)c2C)c(CC(C)C)c1.[Pd]. The molecule has 0 amide bonds. The Kier molecular flexibility index (Phi) is 8.31. The van der Waals surface area contributed by atoms with Gasteiger partial charge in [-0.25, -0.2) is 0 Å². The van der Waals surface area contributed by atoms with E-state index in [9.17, 15) is 0 Å². The van der Waals surface area contributed by atoms with Gasteiger partial charge in [-0.15, -0.1) is 0 Å². The molecular weight excluding hydrogens is 411 g/mol. The topological polar surface area (TPSA) is 17.8 Å². The summed E-state index contributed by atoms with van der Waals surface area (Å²) < 4.78 is 2.18. The summed E-state index contributed by atoms with van der Waals surface area (Å²) in [6, 6.07) is 5.18. The second-order valence-electron chi connectivity index (χ2n) is 8.74. The third-order valence-corrected chi connectivity index (χ3v) is 4.77. The molecule has 0 spiro atoms. The fraction of sp³-hybridized carbons (Fsp3) is 0.609. The summed E-state index contributed by atoms with van der Waals surface area (Å²) in [5.41, 5.74) is 9.62. The fourth-order valence-electron chi connectivity index (χ4n) is 3.99.